The molecule has 14 heavy (non-hydrogen) atoms. The maximum Gasteiger partial charge on any atom is 0.265 e. The van der Waals surface area contributed by atoms with Gasteiger partial charge >= 0.3 is 0 Å². The molecular formula is C9H7BrN2O2. The van der Waals surface area contributed by atoms with Crippen LogP contribution < -0.4 is 5.73 Å². The number of halogens is 1. The van der Waals surface area contributed by atoms with E-state index < -0.39 is 0 Å². The lowest BCUT2D eigenvalue weighted by Crippen LogP contribution is -1.99. The van der Waals surface area contributed by atoms with Gasteiger partial charge in [-0.3, -0.25) is 4.79 Å². The molecule has 0 fully saturated rings. The smallest absolute Gasteiger partial charge is 0.265 e. The summed E-state index contributed by atoms with van der Waals surface area (Å²) >= 11 is 3.05. The second-order valence-corrected chi connectivity index (χ2v) is 3.36. The number of fused-ring (bicyclic) bond motifs is 1. The quantitative estimate of drug-likeness (QED) is 0.506. The van der Waals surface area contributed by atoms with Crippen LogP contribution in [0.1, 0.15) is 10.7 Å². The van der Waals surface area contributed by atoms with E-state index in [-0.39, 0.29) is 17.0 Å². The number of Topliss-reactive ketones (excluding diaryl/α,β-unsaturated/α-hetero) is 1. The van der Waals surface area contributed by atoms with E-state index in [1.54, 1.807) is 18.2 Å². The molecule has 0 saturated heterocycles. The summed E-state index contributed by atoms with van der Waals surface area (Å²) in [7, 11) is 0. The SMILES string of the molecule is Nc1ccc2nc(C(=O)CBr)oc2c1. The monoisotopic (exact) mass is 254 g/mol. The lowest BCUT2D eigenvalue weighted by molar-refractivity contribution is 0.0989. The van der Waals surface area contributed by atoms with Crippen LogP contribution in [0.25, 0.3) is 11.1 Å². The van der Waals surface area contributed by atoms with E-state index in [4.69, 9.17) is 10.2 Å². The van der Waals surface area contributed by atoms with E-state index >= 15 is 0 Å². The number of nitrogens with zero attached hydrogens (tertiary/aromatic N) is 1. The molecule has 0 atom stereocenters. The Morgan fingerprint density at radius 1 is 1.57 bits per heavy atom. The van der Waals surface area contributed by atoms with Crippen LogP contribution in [0.4, 0.5) is 5.69 Å². The van der Waals surface area contributed by atoms with Crippen LogP contribution in [0.5, 0.6) is 0 Å². The molecule has 2 aromatic rings. The van der Waals surface area contributed by atoms with Crippen molar-refractivity contribution in [2.75, 3.05) is 11.1 Å². The van der Waals surface area contributed by atoms with E-state index in [1.807, 2.05) is 0 Å². The first kappa shape index (κ1) is 9.21. The highest BCUT2D eigenvalue weighted by molar-refractivity contribution is 9.09. The molecule has 1 aromatic heterocycles. The molecule has 0 saturated carbocycles. The number of carbonyl (C=O) groups is 1. The van der Waals surface area contributed by atoms with E-state index in [9.17, 15) is 4.79 Å². The molecule has 1 aromatic carbocycles. The van der Waals surface area contributed by atoms with Gasteiger partial charge in [0.1, 0.15) is 5.52 Å². The Morgan fingerprint density at radius 3 is 3.07 bits per heavy atom. The number of oxazole rings is 1. The van der Waals surface area contributed by atoms with Gasteiger partial charge in [0.15, 0.2) is 5.58 Å². The molecule has 0 bridgehead atoms. The fraction of sp³-hybridized carbons (Fsp3) is 0.111. The molecular weight excluding hydrogens is 248 g/mol. The van der Waals surface area contributed by atoms with Gasteiger partial charge in [0, 0.05) is 11.8 Å². The van der Waals surface area contributed by atoms with E-state index in [0.29, 0.717) is 16.8 Å². The predicted molar refractivity (Wildman–Crippen MR) is 56.5 cm³/mol. The molecule has 0 aliphatic heterocycles. The first-order chi connectivity index (χ1) is 6.70. The lowest BCUT2D eigenvalue weighted by Gasteiger charge is -1.88. The highest BCUT2D eigenvalue weighted by Crippen LogP contribution is 2.18. The Kier molecular flexibility index (Phi) is 2.25. The number of rotatable bonds is 2. The van der Waals surface area contributed by atoms with Crippen molar-refractivity contribution in [1.82, 2.24) is 4.98 Å². The van der Waals surface area contributed by atoms with Gasteiger partial charge in [-0.2, -0.15) is 0 Å². The van der Waals surface area contributed by atoms with Crippen molar-refractivity contribution in [1.29, 1.82) is 0 Å². The summed E-state index contributed by atoms with van der Waals surface area (Å²) in [6, 6.07) is 5.08. The van der Waals surface area contributed by atoms with Crippen LogP contribution >= 0.6 is 15.9 Å². The van der Waals surface area contributed by atoms with Crippen molar-refractivity contribution in [3.8, 4) is 0 Å². The topological polar surface area (TPSA) is 69.1 Å². The molecule has 0 unspecified atom stereocenters. The number of anilines is 1. The Morgan fingerprint density at radius 2 is 2.36 bits per heavy atom. The summed E-state index contributed by atoms with van der Waals surface area (Å²) in [4.78, 5) is 15.3. The fourth-order valence-electron chi connectivity index (χ4n) is 1.12. The number of aromatic nitrogens is 1. The van der Waals surface area contributed by atoms with Crippen LogP contribution in [-0.2, 0) is 0 Å². The van der Waals surface area contributed by atoms with Crippen molar-refractivity contribution in [3.05, 3.63) is 24.1 Å². The second-order valence-electron chi connectivity index (χ2n) is 2.80. The predicted octanol–water partition coefficient (Wildman–Crippen LogP) is 1.99. The zero-order valence-electron chi connectivity index (χ0n) is 7.16. The van der Waals surface area contributed by atoms with Gasteiger partial charge in [-0.15, -0.1) is 0 Å². The number of ketones is 1. The van der Waals surface area contributed by atoms with Crippen molar-refractivity contribution >= 4 is 38.5 Å². The summed E-state index contributed by atoms with van der Waals surface area (Å²) < 4.78 is 5.23. The van der Waals surface area contributed by atoms with Gasteiger partial charge in [0.2, 0.25) is 5.78 Å². The third kappa shape index (κ3) is 1.50. The van der Waals surface area contributed by atoms with Gasteiger partial charge in [-0.05, 0) is 12.1 Å². The zero-order valence-corrected chi connectivity index (χ0v) is 8.74. The van der Waals surface area contributed by atoms with Crippen molar-refractivity contribution < 1.29 is 9.21 Å². The number of nitrogens with two attached hydrogens (primary N) is 1. The molecule has 4 nitrogen and oxygen atoms in total. The molecule has 0 aliphatic carbocycles. The average Bonchev–Trinajstić information content (AvgIpc) is 2.59. The zero-order chi connectivity index (χ0) is 10.1. The van der Waals surface area contributed by atoms with E-state index in [0.717, 1.165) is 0 Å². The molecule has 0 spiro atoms. The minimum atomic E-state index is -0.181. The maximum atomic E-state index is 11.2. The first-order valence-corrected chi connectivity index (χ1v) is 5.08. The van der Waals surface area contributed by atoms with Crippen LogP contribution in [0.3, 0.4) is 0 Å². The fourth-order valence-corrected chi connectivity index (χ4v) is 1.36. The minimum absolute atomic E-state index is 0.113. The molecule has 5 heteroatoms. The summed E-state index contributed by atoms with van der Waals surface area (Å²) in [5.74, 6) is -0.0674. The van der Waals surface area contributed by atoms with Crippen LogP contribution in [-0.4, -0.2) is 16.1 Å². The first-order valence-electron chi connectivity index (χ1n) is 3.96. The third-order valence-corrected chi connectivity index (χ3v) is 2.28. The molecule has 0 aliphatic rings. The van der Waals surface area contributed by atoms with Gasteiger partial charge < -0.3 is 10.2 Å². The van der Waals surface area contributed by atoms with E-state index in [1.165, 1.54) is 0 Å². The lowest BCUT2D eigenvalue weighted by atomic mass is 10.3. The number of carbonyl (C=O) groups excluding carboxylic acids is 1. The average molecular weight is 255 g/mol. The number of alkyl halides is 1. The second kappa shape index (κ2) is 3.42. The van der Waals surface area contributed by atoms with Crippen molar-refractivity contribution in [3.63, 3.8) is 0 Å². The van der Waals surface area contributed by atoms with Crippen LogP contribution in [0.2, 0.25) is 0 Å². The number of nitrogen functional groups attached to an aromatic ring is 1. The Balaban J connectivity index is 2.56. The Bertz CT molecular complexity index is 493. The Hall–Kier alpha value is -1.36. The third-order valence-electron chi connectivity index (χ3n) is 1.77. The number of hydrogen-bond acceptors (Lipinski definition) is 4. The summed E-state index contributed by atoms with van der Waals surface area (Å²) in [6.07, 6.45) is 0. The highest BCUT2D eigenvalue weighted by atomic mass is 79.9. The molecule has 0 radical (unpaired) electrons. The van der Waals surface area contributed by atoms with Gasteiger partial charge in [-0.25, -0.2) is 4.98 Å². The van der Waals surface area contributed by atoms with Gasteiger partial charge in [-0.1, -0.05) is 15.9 Å². The molecule has 0 amide bonds. The number of hydrogen-bond donors (Lipinski definition) is 1. The molecule has 2 rings (SSSR count). The summed E-state index contributed by atoms with van der Waals surface area (Å²) in [5, 5.41) is 0.204. The number of benzene rings is 1. The summed E-state index contributed by atoms with van der Waals surface area (Å²) in [6.45, 7) is 0. The minimum Gasteiger partial charge on any atom is -0.434 e. The highest BCUT2D eigenvalue weighted by Gasteiger charge is 2.12. The Labute approximate surface area is 88.2 Å². The van der Waals surface area contributed by atoms with Crippen LogP contribution in [0.15, 0.2) is 22.6 Å². The van der Waals surface area contributed by atoms with E-state index in [2.05, 4.69) is 20.9 Å². The van der Waals surface area contributed by atoms with Crippen LogP contribution in [0, 0.1) is 0 Å². The normalized spacial score (nSPS) is 10.6. The molecule has 72 valence electrons. The molecule has 2 N–H and O–H groups in total. The summed E-state index contributed by atoms with van der Waals surface area (Å²) in [5.41, 5.74) is 7.33. The largest absolute Gasteiger partial charge is 0.434 e. The maximum absolute atomic E-state index is 11.2. The van der Waals surface area contributed by atoms with Crippen molar-refractivity contribution in [2.24, 2.45) is 0 Å². The molecule has 1 heterocycles. The van der Waals surface area contributed by atoms with Crippen molar-refractivity contribution in [2.45, 2.75) is 0 Å². The standard InChI is InChI=1S/C9H7BrN2O2/c10-4-7(13)9-12-6-2-1-5(11)3-8(6)14-9/h1-3H,4,11H2. The van der Waals surface area contributed by atoms with Gasteiger partial charge in [0.25, 0.3) is 5.89 Å². The van der Waals surface area contributed by atoms with Gasteiger partial charge in [0.05, 0.1) is 5.33 Å².